The Hall–Kier alpha value is -1.77. The molecular formula is C13H17N3. The quantitative estimate of drug-likeness (QED) is 0.777. The lowest BCUT2D eigenvalue weighted by Gasteiger charge is -2.06. The minimum atomic E-state index is 1.04. The van der Waals surface area contributed by atoms with Crippen molar-refractivity contribution in [3.8, 4) is 5.69 Å². The molecule has 0 atom stereocenters. The molecule has 1 aromatic carbocycles. The Morgan fingerprint density at radius 1 is 1.25 bits per heavy atom. The summed E-state index contributed by atoms with van der Waals surface area (Å²) in [5.74, 6) is 0. The number of unbranched alkanes of at least 4 members (excludes halogenated alkanes) is 1. The second kappa shape index (κ2) is 5.35. The van der Waals surface area contributed by atoms with Crippen LogP contribution in [-0.4, -0.2) is 16.3 Å². The van der Waals surface area contributed by atoms with E-state index >= 15 is 0 Å². The topological polar surface area (TPSA) is 29.9 Å². The fraction of sp³-hybridized carbons (Fsp3) is 0.308. The Morgan fingerprint density at radius 2 is 2.06 bits per heavy atom. The number of anilines is 1. The first kappa shape index (κ1) is 10.7. The highest BCUT2D eigenvalue weighted by Gasteiger charge is 1.96. The summed E-state index contributed by atoms with van der Waals surface area (Å²) in [5.41, 5.74) is 2.26. The van der Waals surface area contributed by atoms with Gasteiger partial charge in [-0.3, -0.25) is 0 Å². The molecule has 0 aliphatic carbocycles. The Balaban J connectivity index is 2.00. The molecule has 3 nitrogen and oxygen atoms in total. The van der Waals surface area contributed by atoms with E-state index in [0.717, 1.165) is 12.2 Å². The number of benzene rings is 1. The number of nitrogens with zero attached hydrogens (tertiary/aromatic N) is 2. The highest BCUT2D eigenvalue weighted by Crippen LogP contribution is 2.12. The summed E-state index contributed by atoms with van der Waals surface area (Å²) in [6, 6.07) is 10.2. The van der Waals surface area contributed by atoms with Gasteiger partial charge >= 0.3 is 0 Å². The van der Waals surface area contributed by atoms with Crippen molar-refractivity contribution in [2.24, 2.45) is 0 Å². The van der Waals surface area contributed by atoms with Crippen molar-refractivity contribution in [1.82, 2.24) is 9.78 Å². The molecule has 1 N–H and O–H groups in total. The van der Waals surface area contributed by atoms with Gasteiger partial charge in [-0.05, 0) is 36.8 Å². The number of nitrogens with one attached hydrogen (secondary N) is 1. The molecule has 0 saturated heterocycles. The summed E-state index contributed by atoms with van der Waals surface area (Å²) in [5, 5.41) is 7.58. The average molecular weight is 215 g/mol. The van der Waals surface area contributed by atoms with Crippen molar-refractivity contribution in [3.05, 3.63) is 42.7 Å². The van der Waals surface area contributed by atoms with Crippen molar-refractivity contribution < 1.29 is 0 Å². The van der Waals surface area contributed by atoms with Gasteiger partial charge in [0, 0.05) is 24.6 Å². The third kappa shape index (κ3) is 2.63. The molecule has 0 bridgehead atoms. The van der Waals surface area contributed by atoms with Crippen LogP contribution in [0.1, 0.15) is 19.8 Å². The van der Waals surface area contributed by atoms with Gasteiger partial charge < -0.3 is 5.32 Å². The zero-order valence-corrected chi connectivity index (χ0v) is 9.56. The Bertz CT molecular complexity index is 403. The molecule has 0 aliphatic heterocycles. The lowest BCUT2D eigenvalue weighted by atomic mass is 10.2. The first-order valence-corrected chi connectivity index (χ1v) is 5.74. The minimum Gasteiger partial charge on any atom is -0.385 e. The largest absolute Gasteiger partial charge is 0.385 e. The van der Waals surface area contributed by atoms with Crippen LogP contribution in [0.4, 0.5) is 5.69 Å². The summed E-state index contributed by atoms with van der Waals surface area (Å²) in [4.78, 5) is 0. The lowest BCUT2D eigenvalue weighted by molar-refractivity contribution is 0.834. The van der Waals surface area contributed by atoms with Crippen molar-refractivity contribution in [2.45, 2.75) is 19.8 Å². The van der Waals surface area contributed by atoms with Crippen LogP contribution < -0.4 is 5.32 Å². The van der Waals surface area contributed by atoms with Gasteiger partial charge in [-0.15, -0.1) is 0 Å². The van der Waals surface area contributed by atoms with Crippen molar-refractivity contribution in [3.63, 3.8) is 0 Å². The van der Waals surface area contributed by atoms with Crippen molar-refractivity contribution in [2.75, 3.05) is 11.9 Å². The van der Waals surface area contributed by atoms with Gasteiger partial charge in [0.25, 0.3) is 0 Å². The number of hydrogen-bond donors (Lipinski definition) is 1. The first-order chi connectivity index (χ1) is 7.90. The summed E-state index contributed by atoms with van der Waals surface area (Å²) in [6.45, 7) is 3.24. The maximum Gasteiger partial charge on any atom is 0.0647 e. The second-order valence-electron chi connectivity index (χ2n) is 3.78. The smallest absolute Gasteiger partial charge is 0.0647 e. The molecule has 0 radical (unpaired) electrons. The second-order valence-corrected chi connectivity index (χ2v) is 3.78. The highest BCUT2D eigenvalue weighted by atomic mass is 15.3. The van der Waals surface area contributed by atoms with E-state index in [4.69, 9.17) is 0 Å². The van der Waals surface area contributed by atoms with E-state index in [9.17, 15) is 0 Å². The van der Waals surface area contributed by atoms with Crippen LogP contribution in [0.2, 0.25) is 0 Å². The molecule has 0 saturated carbocycles. The van der Waals surface area contributed by atoms with E-state index in [1.807, 2.05) is 16.9 Å². The predicted molar refractivity (Wildman–Crippen MR) is 67.0 cm³/mol. The van der Waals surface area contributed by atoms with Crippen LogP contribution in [0.25, 0.3) is 5.69 Å². The first-order valence-electron chi connectivity index (χ1n) is 5.74. The van der Waals surface area contributed by atoms with Crippen LogP contribution in [0, 0.1) is 0 Å². The molecule has 2 aromatic rings. The van der Waals surface area contributed by atoms with Crippen molar-refractivity contribution in [1.29, 1.82) is 0 Å². The maximum absolute atomic E-state index is 4.19. The maximum atomic E-state index is 4.19. The Labute approximate surface area is 96.1 Å². The summed E-state index contributed by atoms with van der Waals surface area (Å²) < 4.78 is 1.86. The molecule has 84 valence electrons. The van der Waals surface area contributed by atoms with E-state index in [-0.39, 0.29) is 0 Å². The van der Waals surface area contributed by atoms with Gasteiger partial charge in [-0.25, -0.2) is 4.68 Å². The predicted octanol–water partition coefficient (Wildman–Crippen LogP) is 3.08. The highest BCUT2D eigenvalue weighted by molar-refractivity contribution is 5.48. The van der Waals surface area contributed by atoms with E-state index in [0.29, 0.717) is 0 Å². The van der Waals surface area contributed by atoms with Crippen LogP contribution in [0.15, 0.2) is 42.7 Å². The van der Waals surface area contributed by atoms with E-state index in [1.54, 1.807) is 6.20 Å². The summed E-state index contributed by atoms with van der Waals surface area (Å²) >= 11 is 0. The average Bonchev–Trinajstić information content (AvgIpc) is 2.84. The fourth-order valence-electron chi connectivity index (χ4n) is 1.56. The molecule has 2 rings (SSSR count). The number of aromatic nitrogens is 2. The standard InChI is InChI=1S/C13H17N3/c1-2-3-9-14-12-5-7-13(8-6-12)16-11-4-10-15-16/h4-8,10-11,14H,2-3,9H2,1H3. The summed E-state index contributed by atoms with van der Waals surface area (Å²) in [6.07, 6.45) is 6.16. The van der Waals surface area contributed by atoms with Crippen molar-refractivity contribution >= 4 is 5.69 Å². The number of rotatable bonds is 5. The molecule has 0 aliphatic rings. The zero-order chi connectivity index (χ0) is 11.2. The Kier molecular flexibility index (Phi) is 3.59. The summed E-state index contributed by atoms with van der Waals surface area (Å²) in [7, 11) is 0. The molecule has 0 unspecified atom stereocenters. The van der Waals surface area contributed by atoms with Gasteiger partial charge in [-0.2, -0.15) is 5.10 Å². The molecule has 3 heteroatoms. The van der Waals surface area contributed by atoms with E-state index in [1.165, 1.54) is 18.5 Å². The number of hydrogen-bond acceptors (Lipinski definition) is 2. The van der Waals surface area contributed by atoms with Gasteiger partial charge in [0.05, 0.1) is 5.69 Å². The van der Waals surface area contributed by atoms with Crippen LogP contribution in [0.3, 0.4) is 0 Å². The normalized spacial score (nSPS) is 10.3. The fourth-order valence-corrected chi connectivity index (χ4v) is 1.56. The molecular weight excluding hydrogens is 198 g/mol. The van der Waals surface area contributed by atoms with Gasteiger partial charge in [-0.1, -0.05) is 13.3 Å². The zero-order valence-electron chi connectivity index (χ0n) is 9.56. The van der Waals surface area contributed by atoms with Gasteiger partial charge in [0.15, 0.2) is 0 Å². The molecule has 0 amide bonds. The molecule has 16 heavy (non-hydrogen) atoms. The molecule has 0 spiro atoms. The van der Waals surface area contributed by atoms with Gasteiger partial charge in [0.1, 0.15) is 0 Å². The molecule has 1 heterocycles. The molecule has 1 aromatic heterocycles. The Morgan fingerprint density at radius 3 is 2.69 bits per heavy atom. The van der Waals surface area contributed by atoms with Crippen LogP contribution in [-0.2, 0) is 0 Å². The minimum absolute atomic E-state index is 1.04. The third-order valence-electron chi connectivity index (χ3n) is 2.50. The van der Waals surface area contributed by atoms with E-state index in [2.05, 4.69) is 41.6 Å². The van der Waals surface area contributed by atoms with E-state index < -0.39 is 0 Å². The van der Waals surface area contributed by atoms with Gasteiger partial charge in [0.2, 0.25) is 0 Å². The SMILES string of the molecule is CCCCNc1ccc(-n2cccn2)cc1. The third-order valence-corrected chi connectivity index (χ3v) is 2.50. The van der Waals surface area contributed by atoms with Crippen LogP contribution in [0.5, 0.6) is 0 Å². The monoisotopic (exact) mass is 215 g/mol. The van der Waals surface area contributed by atoms with Crippen LogP contribution >= 0.6 is 0 Å². The lowest BCUT2D eigenvalue weighted by Crippen LogP contribution is -2.01. The molecule has 0 fully saturated rings.